The third-order valence-electron chi connectivity index (χ3n) is 6.00. The third-order valence-corrected chi connectivity index (χ3v) is 8.99. The molecule has 0 aromatic carbocycles. The largest absolute Gasteiger partial charge is 0.369 e. The van der Waals surface area contributed by atoms with E-state index in [9.17, 15) is 9.59 Å². The third kappa shape index (κ3) is 5.26. The number of carbonyl (C=O) groups is 2. The minimum atomic E-state index is -0.805. The van der Waals surface area contributed by atoms with E-state index in [2.05, 4.69) is 88.7 Å². The molecular formula is C23H29Br3N6O2. The van der Waals surface area contributed by atoms with Gasteiger partial charge in [0.2, 0.25) is 0 Å². The number of pyridine rings is 2. The average Bonchev–Trinajstić information content (AvgIpc) is 3.48. The maximum absolute atomic E-state index is 11.2. The Labute approximate surface area is 226 Å². The lowest BCUT2D eigenvalue weighted by atomic mass is 10.1. The molecule has 11 heteroatoms. The van der Waals surface area contributed by atoms with Crippen LogP contribution in [0.4, 0.5) is 16.4 Å². The lowest BCUT2D eigenvalue weighted by molar-refractivity contribution is -0.127. The van der Waals surface area contributed by atoms with Gasteiger partial charge in [0.25, 0.3) is 5.91 Å². The monoisotopic (exact) mass is 658 g/mol. The molecule has 0 atom stereocenters. The molecule has 1 saturated heterocycles. The summed E-state index contributed by atoms with van der Waals surface area (Å²) in [5.41, 5.74) is 6.85. The van der Waals surface area contributed by atoms with Gasteiger partial charge in [-0.3, -0.25) is 4.79 Å². The van der Waals surface area contributed by atoms with Crippen molar-refractivity contribution in [3.05, 3.63) is 44.2 Å². The van der Waals surface area contributed by atoms with Crippen LogP contribution in [-0.4, -0.2) is 48.4 Å². The van der Waals surface area contributed by atoms with Gasteiger partial charge >= 0.3 is 6.03 Å². The second kappa shape index (κ2) is 10.5. The van der Waals surface area contributed by atoms with Gasteiger partial charge in [-0.1, -0.05) is 0 Å². The number of hydrogen-bond donors (Lipinski definition) is 2. The summed E-state index contributed by atoms with van der Waals surface area (Å²) in [7, 11) is 0. The Kier molecular flexibility index (Phi) is 8.29. The quantitative estimate of drug-likeness (QED) is 0.277. The summed E-state index contributed by atoms with van der Waals surface area (Å²) < 4.78 is 3.27. The average molecular weight is 661 g/mol. The molecule has 0 radical (unpaired) electrons. The minimum Gasteiger partial charge on any atom is -0.369 e. The standard InChI is InChI=1S/C9H11BrN2.C9H12N2.C5H6Br2N2O2/c1-5-7-3-4-11-9(7)12-6(2)8(5)10;1-6-5-7(2)11-9-8(6)3-4-10-9;1-5(2)3(10)8(6)4(11)9(5)7/h3-4H2,1-2H3,(H,11,12);5H,3-4H2,1-2H3,(H,10,11);1-2H3. The van der Waals surface area contributed by atoms with E-state index in [0.717, 1.165) is 57.4 Å². The highest BCUT2D eigenvalue weighted by Crippen LogP contribution is 2.32. The Morgan fingerprint density at radius 1 is 0.941 bits per heavy atom. The van der Waals surface area contributed by atoms with Crippen LogP contribution in [0.15, 0.2) is 10.5 Å². The van der Waals surface area contributed by atoms with Crippen LogP contribution < -0.4 is 10.6 Å². The Morgan fingerprint density at radius 2 is 1.50 bits per heavy atom. The predicted octanol–water partition coefficient (Wildman–Crippen LogP) is 5.74. The van der Waals surface area contributed by atoms with E-state index in [4.69, 9.17) is 0 Å². The molecule has 0 aliphatic carbocycles. The lowest BCUT2D eigenvalue weighted by Crippen LogP contribution is -2.37. The van der Waals surface area contributed by atoms with Gasteiger partial charge in [-0.2, -0.15) is 3.93 Å². The molecule has 5 heterocycles. The van der Waals surface area contributed by atoms with E-state index in [-0.39, 0.29) is 5.91 Å². The number of aryl methyl sites for hydroxylation is 3. The van der Waals surface area contributed by atoms with Gasteiger partial charge in [0.15, 0.2) is 0 Å². The molecular weight excluding hydrogens is 632 g/mol. The Hall–Kier alpha value is -1.72. The van der Waals surface area contributed by atoms with Gasteiger partial charge in [-0.15, -0.1) is 0 Å². The summed E-state index contributed by atoms with van der Waals surface area (Å²) >= 11 is 9.39. The first-order valence-corrected chi connectivity index (χ1v) is 13.2. The van der Waals surface area contributed by atoms with Gasteiger partial charge < -0.3 is 10.6 Å². The Morgan fingerprint density at radius 3 is 2.00 bits per heavy atom. The van der Waals surface area contributed by atoms with Gasteiger partial charge in [0.1, 0.15) is 17.2 Å². The van der Waals surface area contributed by atoms with Crippen LogP contribution in [0, 0.1) is 27.7 Å². The van der Waals surface area contributed by atoms with Crippen molar-refractivity contribution >= 4 is 71.8 Å². The van der Waals surface area contributed by atoms with Crippen molar-refractivity contribution in [1.82, 2.24) is 17.8 Å². The van der Waals surface area contributed by atoms with Crippen molar-refractivity contribution in [3.63, 3.8) is 0 Å². The number of urea groups is 1. The number of rotatable bonds is 0. The van der Waals surface area contributed by atoms with E-state index >= 15 is 0 Å². The highest BCUT2D eigenvalue weighted by Gasteiger charge is 2.50. The highest BCUT2D eigenvalue weighted by atomic mass is 79.9. The molecule has 3 amide bonds. The molecule has 2 N–H and O–H groups in total. The summed E-state index contributed by atoms with van der Waals surface area (Å²) in [6.45, 7) is 13.7. The molecule has 3 aliphatic heterocycles. The maximum Gasteiger partial charge on any atom is 0.348 e. The summed E-state index contributed by atoms with van der Waals surface area (Å²) in [4.78, 5) is 31.2. The molecule has 0 spiro atoms. The fourth-order valence-electron chi connectivity index (χ4n) is 3.98. The maximum atomic E-state index is 11.2. The lowest BCUT2D eigenvalue weighted by Gasteiger charge is -2.19. The minimum absolute atomic E-state index is 0.278. The van der Waals surface area contributed by atoms with Gasteiger partial charge in [-0.25, -0.2) is 18.7 Å². The van der Waals surface area contributed by atoms with Crippen LogP contribution in [0.25, 0.3) is 0 Å². The second-order valence-electron chi connectivity index (χ2n) is 8.93. The fraction of sp³-hybridized carbons (Fsp3) is 0.478. The molecule has 2 aromatic rings. The highest BCUT2D eigenvalue weighted by molar-refractivity contribution is 9.10. The van der Waals surface area contributed by atoms with Crippen molar-refractivity contribution in [2.75, 3.05) is 23.7 Å². The van der Waals surface area contributed by atoms with Crippen LogP contribution in [-0.2, 0) is 17.6 Å². The van der Waals surface area contributed by atoms with Crippen molar-refractivity contribution in [2.45, 2.75) is 59.9 Å². The van der Waals surface area contributed by atoms with Gasteiger partial charge in [0.05, 0.1) is 38.0 Å². The summed E-state index contributed by atoms with van der Waals surface area (Å²) in [6, 6.07) is 1.74. The molecule has 0 unspecified atom stereocenters. The zero-order chi connectivity index (χ0) is 25.4. The van der Waals surface area contributed by atoms with Crippen molar-refractivity contribution in [2.24, 2.45) is 0 Å². The van der Waals surface area contributed by atoms with E-state index in [0.29, 0.717) is 0 Å². The normalized spacial score (nSPS) is 17.2. The second-order valence-corrected chi connectivity index (χ2v) is 11.1. The summed E-state index contributed by atoms with van der Waals surface area (Å²) in [5.74, 6) is 1.90. The Bertz CT molecular complexity index is 1140. The van der Waals surface area contributed by atoms with Crippen molar-refractivity contribution in [3.8, 4) is 0 Å². The van der Waals surface area contributed by atoms with Crippen molar-refractivity contribution < 1.29 is 9.59 Å². The van der Waals surface area contributed by atoms with E-state index in [1.54, 1.807) is 13.8 Å². The van der Waals surface area contributed by atoms with Crippen molar-refractivity contribution in [1.29, 1.82) is 0 Å². The summed E-state index contributed by atoms with van der Waals surface area (Å²) in [6.07, 6.45) is 2.24. The predicted molar refractivity (Wildman–Crippen MR) is 146 cm³/mol. The molecule has 184 valence electrons. The van der Waals surface area contributed by atoms with Crippen LogP contribution in [0.5, 0.6) is 0 Å². The van der Waals surface area contributed by atoms with E-state index in [1.165, 1.54) is 26.2 Å². The van der Waals surface area contributed by atoms with Crippen LogP contribution in [0.3, 0.4) is 0 Å². The first-order chi connectivity index (χ1) is 15.9. The number of anilines is 2. The zero-order valence-electron chi connectivity index (χ0n) is 20.1. The number of fused-ring (bicyclic) bond motifs is 2. The number of carbonyl (C=O) groups excluding carboxylic acids is 2. The smallest absolute Gasteiger partial charge is 0.348 e. The summed E-state index contributed by atoms with van der Waals surface area (Å²) in [5, 5.41) is 6.55. The molecule has 8 nitrogen and oxygen atoms in total. The van der Waals surface area contributed by atoms with Gasteiger partial charge in [-0.05, 0) is 93.1 Å². The fourth-order valence-corrected chi connectivity index (χ4v) is 5.43. The number of imide groups is 1. The number of amides is 3. The van der Waals surface area contributed by atoms with Crippen LogP contribution in [0.2, 0.25) is 0 Å². The number of halogens is 3. The van der Waals surface area contributed by atoms with E-state index in [1.807, 2.05) is 13.8 Å². The molecule has 5 rings (SSSR count). The molecule has 0 bridgehead atoms. The molecule has 3 aliphatic rings. The zero-order valence-corrected chi connectivity index (χ0v) is 24.9. The SMILES string of the molecule is CC1(C)C(=O)N(Br)C(=O)N1Br.Cc1cc(C)c2c(n1)NCC2.Cc1nc2c(c(C)c1Br)CCN2. The first kappa shape index (κ1) is 26.9. The number of nitrogens with zero attached hydrogens (tertiary/aromatic N) is 4. The molecule has 1 fully saturated rings. The Balaban J connectivity index is 0.000000143. The molecule has 0 saturated carbocycles. The van der Waals surface area contributed by atoms with Crippen LogP contribution in [0.1, 0.15) is 47.5 Å². The molecule has 34 heavy (non-hydrogen) atoms. The van der Waals surface area contributed by atoms with E-state index < -0.39 is 11.6 Å². The van der Waals surface area contributed by atoms with Crippen LogP contribution >= 0.6 is 48.2 Å². The topological polar surface area (TPSA) is 90.5 Å². The molecule has 2 aromatic heterocycles. The number of hydrogen-bond acceptors (Lipinski definition) is 6. The number of aromatic nitrogens is 2. The first-order valence-electron chi connectivity index (χ1n) is 11.0. The number of nitrogens with one attached hydrogen (secondary N) is 2. The van der Waals surface area contributed by atoms with Gasteiger partial charge in [0, 0.05) is 28.8 Å².